The zero-order valence-electron chi connectivity index (χ0n) is 10.1. The van der Waals surface area contributed by atoms with E-state index in [1.807, 2.05) is 0 Å². The average molecular weight is 255 g/mol. The van der Waals surface area contributed by atoms with Crippen molar-refractivity contribution in [2.75, 3.05) is 12.5 Å². The number of hydrogen-bond donors (Lipinski definition) is 0. The van der Waals surface area contributed by atoms with Crippen LogP contribution >= 0.6 is 11.6 Å². The molecule has 0 unspecified atom stereocenters. The third kappa shape index (κ3) is 3.84. The van der Waals surface area contributed by atoms with Crippen molar-refractivity contribution in [2.24, 2.45) is 0 Å². The van der Waals surface area contributed by atoms with Gasteiger partial charge in [-0.1, -0.05) is 0 Å². The molecular formula is C13H19ClN2O. The van der Waals surface area contributed by atoms with Crippen LogP contribution in [0, 0.1) is 0 Å². The lowest BCUT2D eigenvalue weighted by molar-refractivity contribution is 0.292. The maximum absolute atomic E-state index is 5.61. The lowest BCUT2D eigenvalue weighted by Crippen LogP contribution is -2.09. The molecule has 1 heterocycles. The number of hydrogen-bond acceptors (Lipinski definition) is 3. The quantitative estimate of drug-likeness (QED) is 0.578. The number of aromatic nitrogens is 2. The van der Waals surface area contributed by atoms with Gasteiger partial charge < -0.3 is 4.74 Å². The summed E-state index contributed by atoms with van der Waals surface area (Å²) < 4.78 is 5.60. The third-order valence-corrected chi connectivity index (χ3v) is 3.28. The second-order valence-corrected chi connectivity index (χ2v) is 4.78. The molecule has 4 heteroatoms. The fourth-order valence-corrected chi connectivity index (χ4v) is 2.24. The second kappa shape index (κ2) is 6.80. The number of rotatable bonds is 6. The standard InChI is InChI=1S/C13H19ClN2O/c14-8-4-1-5-9-17-13-10-15-11-6-2-3-7-12(11)16-13/h10H,1-9H2. The SMILES string of the molecule is ClCCCCCOc1cnc2c(n1)CCCC2. The predicted octanol–water partition coefficient (Wildman–Crippen LogP) is 3.14. The van der Waals surface area contributed by atoms with Crippen LogP contribution in [0.4, 0.5) is 0 Å². The van der Waals surface area contributed by atoms with E-state index in [-0.39, 0.29) is 0 Å². The van der Waals surface area contributed by atoms with Gasteiger partial charge in [0, 0.05) is 5.88 Å². The first-order valence-electron chi connectivity index (χ1n) is 6.43. The minimum Gasteiger partial charge on any atom is -0.477 e. The molecule has 1 aliphatic carbocycles. The van der Waals surface area contributed by atoms with Crippen LogP contribution in [0.5, 0.6) is 5.88 Å². The molecule has 0 atom stereocenters. The monoisotopic (exact) mass is 254 g/mol. The van der Waals surface area contributed by atoms with Gasteiger partial charge >= 0.3 is 0 Å². The van der Waals surface area contributed by atoms with Gasteiger partial charge in [-0.25, -0.2) is 4.98 Å². The molecule has 0 aliphatic heterocycles. The molecule has 2 rings (SSSR count). The topological polar surface area (TPSA) is 35.0 Å². The molecule has 1 aromatic rings. The van der Waals surface area contributed by atoms with E-state index in [4.69, 9.17) is 16.3 Å². The van der Waals surface area contributed by atoms with Crippen LogP contribution in [0.1, 0.15) is 43.5 Å². The summed E-state index contributed by atoms with van der Waals surface area (Å²) >= 11 is 5.61. The molecule has 0 N–H and O–H groups in total. The zero-order chi connectivity index (χ0) is 11.9. The van der Waals surface area contributed by atoms with E-state index in [1.54, 1.807) is 6.20 Å². The first-order valence-corrected chi connectivity index (χ1v) is 6.97. The van der Waals surface area contributed by atoms with Crippen LogP contribution < -0.4 is 4.74 Å². The van der Waals surface area contributed by atoms with E-state index in [0.717, 1.165) is 49.4 Å². The molecule has 0 saturated carbocycles. The van der Waals surface area contributed by atoms with Crippen molar-refractivity contribution in [1.82, 2.24) is 9.97 Å². The summed E-state index contributed by atoms with van der Waals surface area (Å²) in [6, 6.07) is 0. The minimum atomic E-state index is 0.677. The minimum absolute atomic E-state index is 0.677. The van der Waals surface area contributed by atoms with Crippen LogP contribution in [0.3, 0.4) is 0 Å². The van der Waals surface area contributed by atoms with E-state index in [0.29, 0.717) is 12.5 Å². The molecule has 0 amide bonds. The van der Waals surface area contributed by atoms with E-state index >= 15 is 0 Å². The zero-order valence-corrected chi connectivity index (χ0v) is 10.9. The lowest BCUT2D eigenvalue weighted by atomic mass is 10.0. The summed E-state index contributed by atoms with van der Waals surface area (Å²) in [6.45, 7) is 0.713. The van der Waals surface area contributed by atoms with E-state index in [1.165, 1.54) is 12.8 Å². The van der Waals surface area contributed by atoms with Crippen molar-refractivity contribution >= 4 is 11.6 Å². The molecule has 0 radical (unpaired) electrons. The fraction of sp³-hybridized carbons (Fsp3) is 0.692. The molecule has 0 bridgehead atoms. The van der Waals surface area contributed by atoms with Crippen LogP contribution in [0.25, 0.3) is 0 Å². The predicted molar refractivity (Wildman–Crippen MR) is 68.7 cm³/mol. The Morgan fingerprint density at radius 3 is 2.76 bits per heavy atom. The summed E-state index contributed by atoms with van der Waals surface area (Å²) in [5, 5.41) is 0. The Morgan fingerprint density at radius 2 is 1.94 bits per heavy atom. The number of aryl methyl sites for hydroxylation is 2. The maximum Gasteiger partial charge on any atom is 0.232 e. The Bertz CT molecular complexity index is 357. The van der Waals surface area contributed by atoms with Gasteiger partial charge in [0.15, 0.2) is 0 Å². The van der Waals surface area contributed by atoms with E-state index in [2.05, 4.69) is 9.97 Å². The summed E-state index contributed by atoms with van der Waals surface area (Å²) in [5.74, 6) is 1.41. The number of unbranched alkanes of at least 4 members (excludes halogenated alkanes) is 2. The van der Waals surface area contributed by atoms with Gasteiger partial charge in [-0.05, 0) is 44.9 Å². The van der Waals surface area contributed by atoms with Gasteiger partial charge in [0.25, 0.3) is 0 Å². The molecule has 0 saturated heterocycles. The Labute approximate surface area is 108 Å². The number of halogens is 1. The molecule has 3 nitrogen and oxygen atoms in total. The van der Waals surface area contributed by atoms with Gasteiger partial charge in [-0.3, -0.25) is 4.98 Å². The number of ether oxygens (including phenoxy) is 1. The number of alkyl halides is 1. The highest BCUT2D eigenvalue weighted by Gasteiger charge is 2.12. The first kappa shape index (κ1) is 12.6. The van der Waals surface area contributed by atoms with Crippen LogP contribution in [0.15, 0.2) is 6.20 Å². The fourth-order valence-electron chi connectivity index (χ4n) is 2.05. The van der Waals surface area contributed by atoms with Gasteiger partial charge in [-0.15, -0.1) is 11.6 Å². The average Bonchev–Trinajstić information content (AvgIpc) is 2.38. The number of nitrogens with zero attached hydrogens (tertiary/aromatic N) is 2. The highest BCUT2D eigenvalue weighted by Crippen LogP contribution is 2.19. The van der Waals surface area contributed by atoms with Gasteiger partial charge in [0.2, 0.25) is 5.88 Å². The third-order valence-electron chi connectivity index (χ3n) is 3.01. The summed E-state index contributed by atoms with van der Waals surface area (Å²) in [7, 11) is 0. The van der Waals surface area contributed by atoms with Gasteiger partial charge in [0.1, 0.15) is 0 Å². The molecule has 0 aromatic carbocycles. The summed E-state index contributed by atoms with van der Waals surface area (Å²) in [4.78, 5) is 8.95. The van der Waals surface area contributed by atoms with Crippen molar-refractivity contribution in [3.05, 3.63) is 17.6 Å². The van der Waals surface area contributed by atoms with Crippen molar-refractivity contribution in [3.63, 3.8) is 0 Å². The first-order chi connectivity index (χ1) is 8.40. The van der Waals surface area contributed by atoms with Crippen molar-refractivity contribution in [2.45, 2.75) is 44.9 Å². The summed E-state index contributed by atoms with van der Waals surface area (Å²) in [5.41, 5.74) is 2.29. The molecule has 1 aliphatic rings. The van der Waals surface area contributed by atoms with Crippen LogP contribution in [-0.4, -0.2) is 22.5 Å². The Morgan fingerprint density at radius 1 is 1.12 bits per heavy atom. The Balaban J connectivity index is 1.81. The Hall–Kier alpha value is -0.830. The molecule has 94 valence electrons. The van der Waals surface area contributed by atoms with E-state index in [9.17, 15) is 0 Å². The van der Waals surface area contributed by atoms with Crippen LogP contribution in [0.2, 0.25) is 0 Å². The van der Waals surface area contributed by atoms with Gasteiger partial charge in [0.05, 0.1) is 24.2 Å². The smallest absolute Gasteiger partial charge is 0.232 e. The highest BCUT2D eigenvalue weighted by atomic mass is 35.5. The molecule has 0 fully saturated rings. The van der Waals surface area contributed by atoms with E-state index < -0.39 is 0 Å². The van der Waals surface area contributed by atoms with Gasteiger partial charge in [-0.2, -0.15) is 0 Å². The van der Waals surface area contributed by atoms with Crippen molar-refractivity contribution in [1.29, 1.82) is 0 Å². The lowest BCUT2D eigenvalue weighted by Gasteiger charge is -2.14. The molecule has 0 spiro atoms. The molecule has 17 heavy (non-hydrogen) atoms. The summed E-state index contributed by atoms with van der Waals surface area (Å²) in [6.07, 6.45) is 9.53. The molecular weight excluding hydrogens is 236 g/mol. The Kier molecular flexibility index (Phi) is 5.05. The van der Waals surface area contributed by atoms with Crippen molar-refractivity contribution in [3.8, 4) is 5.88 Å². The molecule has 1 aromatic heterocycles. The van der Waals surface area contributed by atoms with Crippen molar-refractivity contribution < 1.29 is 4.74 Å². The highest BCUT2D eigenvalue weighted by molar-refractivity contribution is 6.17. The largest absolute Gasteiger partial charge is 0.477 e. The maximum atomic E-state index is 5.61. The normalized spacial score (nSPS) is 14.4. The second-order valence-electron chi connectivity index (χ2n) is 4.41. The van der Waals surface area contributed by atoms with Crippen LogP contribution in [-0.2, 0) is 12.8 Å². The number of fused-ring (bicyclic) bond motifs is 1.